The molecule has 1 saturated carbocycles. The van der Waals surface area contributed by atoms with E-state index in [9.17, 15) is 0 Å². The Morgan fingerprint density at radius 1 is 0.920 bits per heavy atom. The number of nitrogens with one attached hydrogen (secondary N) is 1. The van der Waals surface area contributed by atoms with Crippen LogP contribution in [0.3, 0.4) is 0 Å². The van der Waals surface area contributed by atoms with Crippen LogP contribution in [0, 0.1) is 12.8 Å². The van der Waals surface area contributed by atoms with E-state index in [1.165, 1.54) is 60.3 Å². The Balaban J connectivity index is 1.82. The topological polar surface area (TPSA) is 15.3 Å². The molecule has 2 nitrogen and oxygen atoms in total. The average molecular weight is 333 g/mol. The summed E-state index contributed by atoms with van der Waals surface area (Å²) >= 11 is 0. The molecule has 2 aromatic rings. The molecule has 2 aromatic carbocycles. The standard InChI is InChI=1S/C23H28N2/c1-17-11-9-10-16-21(17)25-18(2)22(19-12-5-3-6-13-19)24-23(25)20-14-7-4-8-15-20/h4,7-11,14-16,19,23-24H,3,5-6,12-13H2,1-2H3/i/hD. The van der Waals surface area contributed by atoms with Crippen molar-refractivity contribution in [1.82, 2.24) is 5.31 Å². The minimum Gasteiger partial charge on any atom is -0.363 e. The summed E-state index contributed by atoms with van der Waals surface area (Å²) in [5.74, 6) is 0.515. The SMILES string of the molecule is [2H]N1C(C2CCCCC2)=C(C)N(c2ccccc2C)C1c1ccccc1. The Bertz CT molecular complexity index is 793. The monoisotopic (exact) mass is 333 g/mol. The largest absolute Gasteiger partial charge is 0.363 e. The number of para-hydroxylation sites is 1. The van der Waals surface area contributed by atoms with E-state index < -0.39 is 0 Å². The summed E-state index contributed by atoms with van der Waals surface area (Å²) in [6.45, 7) is 4.37. The van der Waals surface area contributed by atoms with Crippen LogP contribution in [-0.4, -0.2) is 0 Å². The maximum atomic E-state index is 9.03. The molecule has 1 fully saturated rings. The van der Waals surface area contributed by atoms with Gasteiger partial charge in [-0.25, -0.2) is 0 Å². The lowest BCUT2D eigenvalue weighted by molar-refractivity contribution is 0.384. The average Bonchev–Trinajstić information content (AvgIpc) is 2.94. The van der Waals surface area contributed by atoms with Gasteiger partial charge < -0.3 is 10.2 Å². The molecular weight excluding hydrogens is 304 g/mol. The highest BCUT2D eigenvalue weighted by Crippen LogP contribution is 2.42. The molecule has 1 N–H and O–H groups in total. The summed E-state index contributed by atoms with van der Waals surface area (Å²) in [5.41, 5.74) is 6.11. The first-order chi connectivity index (χ1) is 12.7. The van der Waals surface area contributed by atoms with E-state index in [4.69, 9.17) is 1.41 Å². The molecule has 2 heteroatoms. The highest BCUT2D eigenvalue weighted by Gasteiger charge is 2.35. The Kier molecular flexibility index (Phi) is 4.19. The van der Waals surface area contributed by atoms with Crippen molar-refractivity contribution in [1.29, 1.82) is 0 Å². The van der Waals surface area contributed by atoms with Crippen molar-refractivity contribution in [3.8, 4) is 0 Å². The molecule has 130 valence electrons. The number of hydrogen-bond acceptors (Lipinski definition) is 2. The summed E-state index contributed by atoms with van der Waals surface area (Å²) < 4.78 is 9.03. The zero-order chi connectivity index (χ0) is 18.1. The maximum Gasteiger partial charge on any atom is 0.162 e. The molecule has 1 unspecified atom stereocenters. The van der Waals surface area contributed by atoms with Crippen LogP contribution in [0.4, 0.5) is 5.69 Å². The number of anilines is 1. The van der Waals surface area contributed by atoms with Gasteiger partial charge in [-0.15, -0.1) is 0 Å². The summed E-state index contributed by atoms with van der Waals surface area (Å²) in [6.07, 6.45) is 6.25. The van der Waals surface area contributed by atoms with Crippen LogP contribution in [0.5, 0.6) is 0 Å². The fourth-order valence-corrected chi connectivity index (χ4v) is 4.36. The van der Waals surface area contributed by atoms with Crippen LogP contribution >= 0.6 is 0 Å². The second-order valence-corrected chi connectivity index (χ2v) is 7.38. The Morgan fingerprint density at radius 3 is 2.32 bits per heavy atom. The van der Waals surface area contributed by atoms with E-state index in [0.29, 0.717) is 5.92 Å². The van der Waals surface area contributed by atoms with Crippen molar-refractivity contribution in [3.63, 3.8) is 0 Å². The van der Waals surface area contributed by atoms with Crippen LogP contribution in [0.15, 0.2) is 66.0 Å². The minimum atomic E-state index is -0.0887. The number of aryl methyl sites for hydroxylation is 1. The highest BCUT2D eigenvalue weighted by molar-refractivity contribution is 5.61. The smallest absolute Gasteiger partial charge is 0.162 e. The predicted molar refractivity (Wildman–Crippen MR) is 105 cm³/mol. The van der Waals surface area contributed by atoms with Crippen LogP contribution in [0.2, 0.25) is 1.41 Å². The molecular formula is C23H28N2. The van der Waals surface area contributed by atoms with Crippen molar-refractivity contribution < 1.29 is 1.41 Å². The first-order valence-corrected chi connectivity index (χ1v) is 9.57. The molecule has 0 radical (unpaired) electrons. The van der Waals surface area contributed by atoms with Crippen LogP contribution < -0.4 is 10.2 Å². The van der Waals surface area contributed by atoms with Crippen molar-refractivity contribution in [2.24, 2.45) is 5.92 Å². The molecule has 1 heterocycles. The molecule has 0 saturated heterocycles. The summed E-state index contributed by atoms with van der Waals surface area (Å²) in [4.78, 5) is 2.38. The molecule has 0 bridgehead atoms. The van der Waals surface area contributed by atoms with Crippen molar-refractivity contribution in [3.05, 3.63) is 77.1 Å². The maximum absolute atomic E-state index is 9.03. The van der Waals surface area contributed by atoms with Gasteiger partial charge >= 0.3 is 0 Å². The fourth-order valence-electron chi connectivity index (χ4n) is 4.36. The van der Waals surface area contributed by atoms with Crippen LogP contribution in [-0.2, 0) is 0 Å². The zero-order valence-electron chi connectivity index (χ0n) is 16.3. The Morgan fingerprint density at radius 2 is 1.60 bits per heavy atom. The molecule has 1 aliphatic heterocycles. The van der Waals surface area contributed by atoms with Gasteiger partial charge in [0, 0.05) is 23.0 Å². The highest BCUT2D eigenvalue weighted by atomic mass is 15.3. The molecule has 0 aromatic heterocycles. The quantitative estimate of drug-likeness (QED) is 0.750. The van der Waals surface area contributed by atoms with Gasteiger partial charge in [-0.3, -0.25) is 0 Å². The lowest BCUT2D eigenvalue weighted by Crippen LogP contribution is -2.30. The van der Waals surface area contributed by atoms with Gasteiger partial charge in [-0.05, 0) is 43.9 Å². The summed E-state index contributed by atoms with van der Waals surface area (Å²) in [5, 5.41) is 1.80. The van der Waals surface area contributed by atoms with Crippen molar-refractivity contribution >= 4 is 5.69 Å². The van der Waals surface area contributed by atoms with Gasteiger partial charge in [-0.2, -0.15) is 0 Å². The second kappa shape index (κ2) is 6.95. The Labute approximate surface area is 153 Å². The summed E-state index contributed by atoms with van der Waals surface area (Å²) in [6, 6.07) is 19.0. The number of benzene rings is 2. The fraction of sp³-hybridized carbons (Fsp3) is 0.391. The predicted octanol–water partition coefficient (Wildman–Crippen LogP) is 5.92. The third kappa shape index (κ3) is 3.06. The van der Waals surface area contributed by atoms with Gasteiger partial charge in [0.05, 0.1) is 0 Å². The van der Waals surface area contributed by atoms with Crippen molar-refractivity contribution in [2.45, 2.75) is 52.1 Å². The van der Waals surface area contributed by atoms with E-state index in [0.717, 1.165) is 0 Å². The molecule has 4 rings (SSSR count). The molecule has 2 aliphatic rings. The molecule has 25 heavy (non-hydrogen) atoms. The first-order valence-electron chi connectivity index (χ1n) is 10.0. The lowest BCUT2D eigenvalue weighted by Gasteiger charge is -2.30. The van der Waals surface area contributed by atoms with E-state index >= 15 is 0 Å². The van der Waals surface area contributed by atoms with Gasteiger partial charge in [0.15, 0.2) is 1.41 Å². The lowest BCUT2D eigenvalue weighted by atomic mass is 9.86. The third-order valence-electron chi connectivity index (χ3n) is 5.70. The zero-order valence-corrected chi connectivity index (χ0v) is 15.3. The number of nitrogens with zero attached hydrogens (tertiary/aromatic N) is 1. The normalized spacial score (nSPS) is 22.5. The van der Waals surface area contributed by atoms with Crippen LogP contribution in [0.1, 0.15) is 56.3 Å². The van der Waals surface area contributed by atoms with Gasteiger partial charge in [0.1, 0.15) is 6.17 Å². The molecule has 0 amide bonds. The number of hydrogen-bond donors (Lipinski definition) is 1. The Hall–Kier alpha value is -2.22. The van der Waals surface area contributed by atoms with Crippen molar-refractivity contribution in [2.75, 3.05) is 4.90 Å². The summed E-state index contributed by atoms with van der Waals surface area (Å²) in [7, 11) is 0. The number of rotatable bonds is 3. The minimum absolute atomic E-state index is 0.0887. The van der Waals surface area contributed by atoms with Gasteiger partial charge in [0.2, 0.25) is 0 Å². The molecule has 0 spiro atoms. The van der Waals surface area contributed by atoms with E-state index in [1.807, 2.05) is 6.07 Å². The van der Waals surface area contributed by atoms with E-state index in [-0.39, 0.29) is 6.17 Å². The van der Waals surface area contributed by atoms with E-state index in [1.54, 1.807) is 5.31 Å². The van der Waals surface area contributed by atoms with E-state index in [2.05, 4.69) is 67.3 Å². The molecule has 1 aliphatic carbocycles. The van der Waals surface area contributed by atoms with Gasteiger partial charge in [0.25, 0.3) is 0 Å². The second-order valence-electron chi connectivity index (χ2n) is 7.38. The molecule has 1 atom stereocenters. The van der Waals surface area contributed by atoms with Gasteiger partial charge in [-0.1, -0.05) is 67.8 Å². The first kappa shape index (κ1) is 15.1. The third-order valence-corrected chi connectivity index (χ3v) is 5.70. The van der Waals surface area contributed by atoms with Crippen LogP contribution in [0.25, 0.3) is 0 Å². The number of allylic oxidation sites excluding steroid dienone is 2.